The maximum Gasteiger partial charge on any atom is 0.263 e. The lowest BCUT2D eigenvalue weighted by Gasteiger charge is -2.37. The van der Waals surface area contributed by atoms with E-state index < -0.39 is 11.7 Å². The highest BCUT2D eigenvalue weighted by atomic mass is 32.1. The molecule has 1 aliphatic carbocycles. The highest BCUT2D eigenvalue weighted by Crippen LogP contribution is 2.41. The predicted octanol–water partition coefficient (Wildman–Crippen LogP) is 6.71. The quantitative estimate of drug-likeness (QED) is 0.123. The van der Waals surface area contributed by atoms with Gasteiger partial charge in [0, 0.05) is 95.9 Å². The number of carbonyl (C=O) groups is 4. The molecule has 6 aromatic rings. The molecule has 3 aromatic carbocycles. The molecular formula is C47H50FN9O4S. The lowest BCUT2D eigenvalue weighted by atomic mass is 9.84. The number of benzene rings is 3. The van der Waals surface area contributed by atoms with E-state index in [9.17, 15) is 19.2 Å². The first-order valence-electron chi connectivity index (χ1n) is 21.9. The van der Waals surface area contributed by atoms with Crippen molar-refractivity contribution in [2.45, 2.75) is 69.9 Å². The van der Waals surface area contributed by atoms with Gasteiger partial charge in [-0.05, 0) is 119 Å². The second kappa shape index (κ2) is 16.4. The first-order valence-corrected chi connectivity index (χ1v) is 22.7. The van der Waals surface area contributed by atoms with E-state index in [0.717, 1.165) is 108 Å². The Kier molecular flexibility index (Phi) is 10.6. The van der Waals surface area contributed by atoms with Crippen molar-refractivity contribution < 1.29 is 23.6 Å². The summed E-state index contributed by atoms with van der Waals surface area (Å²) < 4.78 is 18.5. The molecule has 2 atom stereocenters. The highest BCUT2D eigenvalue weighted by molar-refractivity contribution is 7.21. The monoisotopic (exact) mass is 855 g/mol. The third-order valence-electron chi connectivity index (χ3n) is 13.4. The summed E-state index contributed by atoms with van der Waals surface area (Å²) >= 11 is 1.45. The van der Waals surface area contributed by atoms with Gasteiger partial charge in [-0.1, -0.05) is 0 Å². The number of thiophene rings is 1. The summed E-state index contributed by atoms with van der Waals surface area (Å²) in [5.41, 5.74) is 5.49. The minimum Gasteiger partial charge on any atom is -0.381 e. The van der Waals surface area contributed by atoms with Crippen LogP contribution < -0.4 is 26.2 Å². The number of pyridine rings is 1. The van der Waals surface area contributed by atoms with E-state index in [2.05, 4.69) is 49.3 Å². The zero-order valence-electron chi connectivity index (χ0n) is 34.9. The summed E-state index contributed by atoms with van der Waals surface area (Å²) in [6.45, 7) is 7.48. The second-order valence-corrected chi connectivity index (χ2v) is 18.5. The number of hydrogen-bond acceptors (Lipinski definition) is 10. The number of hydrogen-bond donors (Lipinski definition) is 4. The van der Waals surface area contributed by atoms with Crippen LogP contribution in [0.2, 0.25) is 0 Å². The van der Waals surface area contributed by atoms with E-state index in [1.165, 1.54) is 17.4 Å². The van der Waals surface area contributed by atoms with E-state index in [0.29, 0.717) is 52.5 Å². The first-order chi connectivity index (χ1) is 30.1. The van der Waals surface area contributed by atoms with Gasteiger partial charge in [-0.25, -0.2) is 9.37 Å². The Labute approximate surface area is 362 Å². The summed E-state index contributed by atoms with van der Waals surface area (Å²) in [7, 11) is 1.91. The molecule has 13 nitrogen and oxygen atoms in total. The number of aryl methyl sites for hydroxylation is 1. The molecule has 0 bridgehead atoms. The van der Waals surface area contributed by atoms with Crippen molar-refractivity contribution in [3.8, 4) is 11.3 Å². The molecular weight excluding hydrogens is 806 g/mol. The Hall–Kier alpha value is -5.93. The lowest BCUT2D eigenvalue weighted by molar-refractivity contribution is -0.134. The van der Waals surface area contributed by atoms with Crippen molar-refractivity contribution in [3.63, 3.8) is 0 Å². The van der Waals surface area contributed by atoms with Gasteiger partial charge in [0.1, 0.15) is 10.7 Å². The standard InChI is InChI=1S/C47H50FN9O4S/c1-26-25-49-43-41-32-11-13-36(52-37(32)14-15-39(41)62-44(43)47(61)50-26)31-9-5-28(23-35(31)48)45(59)51-29-6-3-27(4-7-29)17-18-56-19-21-57(22-20-56)30-8-10-33-38(24-30)55(2)54-42(33)34-12-16-40(58)53-46(34)60/h5,8-11,13-15,23-24,26-27,29,34,49H,3-4,6-7,12,16-22,25H2,1-2H3,(H,50,61)(H,51,59)(H,53,58,60)/t26-,27?,29?,34?/m1/s1. The molecule has 3 aliphatic heterocycles. The molecule has 3 aromatic heterocycles. The molecule has 15 heteroatoms. The third-order valence-corrected chi connectivity index (χ3v) is 14.6. The summed E-state index contributed by atoms with van der Waals surface area (Å²) in [6, 6.07) is 18.7. The van der Waals surface area contributed by atoms with Gasteiger partial charge in [0.15, 0.2) is 0 Å². The number of aromatic nitrogens is 3. The van der Waals surface area contributed by atoms with Crippen LogP contribution >= 0.6 is 11.3 Å². The number of fused-ring (bicyclic) bond motifs is 6. The summed E-state index contributed by atoms with van der Waals surface area (Å²) in [6.07, 6.45) is 5.87. The zero-order valence-corrected chi connectivity index (χ0v) is 35.7. The van der Waals surface area contributed by atoms with Crippen LogP contribution in [0, 0.1) is 11.7 Å². The topological polar surface area (TPSA) is 154 Å². The van der Waals surface area contributed by atoms with Crippen LogP contribution in [0.15, 0.2) is 60.7 Å². The average molecular weight is 856 g/mol. The Morgan fingerprint density at radius 2 is 1.74 bits per heavy atom. The molecule has 320 valence electrons. The molecule has 0 spiro atoms. The Morgan fingerprint density at radius 3 is 2.53 bits per heavy atom. The number of carbonyl (C=O) groups excluding carboxylic acids is 4. The SMILES string of the molecule is C[C@@H]1CNc2c(sc3ccc4nc(-c5ccc(C(=O)NC6CCC(CCN7CCN(c8ccc9c(C%10CCC(=O)NC%10=O)nn(C)c9c8)CC7)CC6)cc5F)ccc4c23)C(=O)N1. The van der Waals surface area contributed by atoms with Gasteiger partial charge in [0.2, 0.25) is 11.8 Å². The van der Waals surface area contributed by atoms with Gasteiger partial charge in [0.25, 0.3) is 11.8 Å². The lowest BCUT2D eigenvalue weighted by Crippen LogP contribution is -2.47. The third kappa shape index (κ3) is 7.65. The molecule has 6 heterocycles. The van der Waals surface area contributed by atoms with E-state index >= 15 is 4.39 Å². The van der Waals surface area contributed by atoms with Crippen molar-refractivity contribution in [2.75, 3.05) is 49.5 Å². The van der Waals surface area contributed by atoms with Crippen LogP contribution in [0.5, 0.6) is 0 Å². The van der Waals surface area contributed by atoms with E-state index in [1.807, 2.05) is 36.9 Å². The van der Waals surface area contributed by atoms with Crippen LogP contribution in [0.25, 0.3) is 43.1 Å². The van der Waals surface area contributed by atoms with E-state index in [-0.39, 0.29) is 35.7 Å². The maximum absolute atomic E-state index is 15.7. The Bertz CT molecular complexity index is 2770. The van der Waals surface area contributed by atoms with Crippen LogP contribution in [0.1, 0.15) is 83.5 Å². The fourth-order valence-corrected chi connectivity index (χ4v) is 11.0. The summed E-state index contributed by atoms with van der Waals surface area (Å²) in [5.74, 6) is -1.13. The molecule has 1 unspecified atom stereocenters. The van der Waals surface area contributed by atoms with Gasteiger partial charge in [-0.15, -0.1) is 11.3 Å². The molecule has 0 radical (unpaired) electrons. The van der Waals surface area contributed by atoms with Crippen molar-refractivity contribution >= 4 is 78.2 Å². The molecule has 4 amide bonds. The summed E-state index contributed by atoms with van der Waals surface area (Å²) in [4.78, 5) is 60.8. The number of imide groups is 1. The Morgan fingerprint density at radius 1 is 0.935 bits per heavy atom. The first kappa shape index (κ1) is 40.2. The molecule has 4 N–H and O–H groups in total. The average Bonchev–Trinajstić information content (AvgIpc) is 3.78. The van der Waals surface area contributed by atoms with Crippen LogP contribution in [0.4, 0.5) is 15.8 Å². The smallest absolute Gasteiger partial charge is 0.263 e. The van der Waals surface area contributed by atoms with Gasteiger partial charge in [-0.3, -0.25) is 34.1 Å². The second-order valence-electron chi connectivity index (χ2n) is 17.5. The highest BCUT2D eigenvalue weighted by Gasteiger charge is 2.32. The van der Waals surface area contributed by atoms with Crippen molar-refractivity contribution in [1.82, 2.24) is 35.6 Å². The fourth-order valence-electron chi connectivity index (χ4n) is 9.88. The maximum atomic E-state index is 15.7. The largest absolute Gasteiger partial charge is 0.381 e. The molecule has 62 heavy (non-hydrogen) atoms. The molecule has 4 aliphatic rings. The van der Waals surface area contributed by atoms with Crippen molar-refractivity contribution in [2.24, 2.45) is 13.0 Å². The number of anilines is 2. The molecule has 2 saturated heterocycles. The Balaban J connectivity index is 0.699. The van der Waals surface area contributed by atoms with Gasteiger partial charge in [-0.2, -0.15) is 5.10 Å². The number of halogens is 1. The van der Waals surface area contributed by atoms with E-state index in [4.69, 9.17) is 10.1 Å². The summed E-state index contributed by atoms with van der Waals surface area (Å²) in [5, 5.41) is 19.6. The zero-order chi connectivity index (χ0) is 42.6. The van der Waals surface area contributed by atoms with Crippen LogP contribution in [-0.4, -0.2) is 94.6 Å². The van der Waals surface area contributed by atoms with Gasteiger partial charge >= 0.3 is 0 Å². The predicted molar refractivity (Wildman–Crippen MR) is 240 cm³/mol. The van der Waals surface area contributed by atoms with Gasteiger partial charge in [0.05, 0.1) is 34.0 Å². The van der Waals surface area contributed by atoms with Crippen molar-refractivity contribution in [3.05, 3.63) is 82.6 Å². The number of piperazine rings is 1. The normalized spacial score (nSPS) is 22.3. The van der Waals surface area contributed by atoms with Crippen LogP contribution in [-0.2, 0) is 16.6 Å². The number of nitrogens with zero attached hydrogens (tertiary/aromatic N) is 5. The van der Waals surface area contributed by atoms with Gasteiger partial charge < -0.3 is 20.9 Å². The molecule has 3 fully saturated rings. The number of nitrogens with one attached hydrogen (secondary N) is 4. The minimum atomic E-state index is -0.498. The number of amides is 4. The fraction of sp³-hybridized carbons (Fsp3) is 0.404. The number of piperidine rings is 1. The number of rotatable bonds is 8. The minimum absolute atomic E-state index is 0.00657. The molecule has 10 rings (SSSR count). The van der Waals surface area contributed by atoms with E-state index in [1.54, 1.807) is 18.2 Å². The van der Waals surface area contributed by atoms with Crippen LogP contribution in [0.3, 0.4) is 0 Å². The van der Waals surface area contributed by atoms with Crippen molar-refractivity contribution in [1.29, 1.82) is 0 Å². The molecule has 1 saturated carbocycles.